The van der Waals surface area contributed by atoms with Crippen LogP contribution in [-0.4, -0.2) is 5.16 Å². The van der Waals surface area contributed by atoms with Crippen LogP contribution in [0.2, 0.25) is 5.02 Å². The third-order valence-electron chi connectivity index (χ3n) is 3.47. The molecule has 3 aromatic rings. The predicted molar refractivity (Wildman–Crippen MR) is 86.3 cm³/mol. The Morgan fingerprint density at radius 1 is 1.10 bits per heavy atom. The largest absolute Gasteiger partial charge is 0.380 e. The fourth-order valence-corrected chi connectivity index (χ4v) is 2.58. The molecule has 21 heavy (non-hydrogen) atoms. The second kappa shape index (κ2) is 5.26. The van der Waals surface area contributed by atoms with Crippen molar-refractivity contribution in [2.24, 2.45) is 0 Å². The minimum absolute atomic E-state index is 0.369. The van der Waals surface area contributed by atoms with Crippen LogP contribution in [-0.2, 0) is 0 Å². The van der Waals surface area contributed by atoms with Gasteiger partial charge >= 0.3 is 0 Å². The summed E-state index contributed by atoms with van der Waals surface area (Å²) in [5.41, 5.74) is 10.9. The minimum Gasteiger partial charge on any atom is -0.380 e. The van der Waals surface area contributed by atoms with E-state index in [9.17, 15) is 0 Å². The highest BCUT2D eigenvalue weighted by Crippen LogP contribution is 2.38. The van der Waals surface area contributed by atoms with Gasteiger partial charge in [-0.3, -0.25) is 0 Å². The van der Waals surface area contributed by atoms with Gasteiger partial charge in [0.25, 0.3) is 0 Å². The number of anilines is 1. The SMILES string of the molecule is Cc1ccc(C)c(-c2onc(N)c2-c2cccc(Cl)c2)c1. The molecule has 0 aliphatic heterocycles. The summed E-state index contributed by atoms with van der Waals surface area (Å²) in [6, 6.07) is 13.7. The molecule has 3 nitrogen and oxygen atoms in total. The lowest BCUT2D eigenvalue weighted by Gasteiger charge is -2.07. The van der Waals surface area contributed by atoms with Crippen molar-refractivity contribution in [3.8, 4) is 22.5 Å². The average Bonchev–Trinajstić information content (AvgIpc) is 2.83. The lowest BCUT2D eigenvalue weighted by Crippen LogP contribution is -1.90. The van der Waals surface area contributed by atoms with Crippen LogP contribution in [0.15, 0.2) is 47.0 Å². The maximum Gasteiger partial charge on any atom is 0.177 e. The summed E-state index contributed by atoms with van der Waals surface area (Å²) >= 11 is 6.08. The Bertz CT molecular complexity index is 808. The molecule has 0 amide bonds. The van der Waals surface area contributed by atoms with Gasteiger partial charge in [-0.15, -0.1) is 0 Å². The maximum absolute atomic E-state index is 6.08. The van der Waals surface area contributed by atoms with Crippen molar-refractivity contribution in [3.05, 3.63) is 58.6 Å². The number of halogens is 1. The molecule has 3 rings (SSSR count). The zero-order valence-corrected chi connectivity index (χ0v) is 12.6. The first kappa shape index (κ1) is 13.7. The number of aromatic nitrogens is 1. The molecule has 2 N–H and O–H groups in total. The minimum atomic E-state index is 0.369. The summed E-state index contributed by atoms with van der Waals surface area (Å²) in [7, 11) is 0. The number of nitrogen functional groups attached to an aromatic ring is 1. The molecule has 1 heterocycles. The highest BCUT2D eigenvalue weighted by atomic mass is 35.5. The van der Waals surface area contributed by atoms with Crippen LogP contribution in [0.4, 0.5) is 5.82 Å². The number of hydrogen-bond donors (Lipinski definition) is 1. The molecule has 106 valence electrons. The van der Waals surface area contributed by atoms with E-state index in [-0.39, 0.29) is 0 Å². The van der Waals surface area contributed by atoms with Gasteiger partial charge in [0.15, 0.2) is 11.6 Å². The number of nitrogens with zero attached hydrogens (tertiary/aromatic N) is 1. The number of rotatable bonds is 2. The molecule has 4 heteroatoms. The second-order valence-corrected chi connectivity index (χ2v) is 5.54. The highest BCUT2D eigenvalue weighted by molar-refractivity contribution is 6.30. The predicted octanol–water partition coefficient (Wildman–Crippen LogP) is 4.86. The smallest absolute Gasteiger partial charge is 0.177 e. The molecule has 1 aromatic heterocycles. The Balaban J connectivity index is 2.24. The van der Waals surface area contributed by atoms with E-state index in [0.717, 1.165) is 27.8 Å². The van der Waals surface area contributed by atoms with Gasteiger partial charge in [-0.25, -0.2) is 0 Å². The van der Waals surface area contributed by atoms with Gasteiger partial charge in [0, 0.05) is 10.6 Å². The van der Waals surface area contributed by atoms with Crippen LogP contribution >= 0.6 is 11.6 Å². The molecule has 0 unspecified atom stereocenters. The van der Waals surface area contributed by atoms with E-state index in [1.807, 2.05) is 38.1 Å². The van der Waals surface area contributed by atoms with Gasteiger partial charge in [0.2, 0.25) is 0 Å². The standard InChI is InChI=1S/C17H15ClN2O/c1-10-6-7-11(2)14(8-10)16-15(17(19)20-21-16)12-4-3-5-13(18)9-12/h3-9H,1-2H3,(H2,19,20). The van der Waals surface area contributed by atoms with E-state index in [2.05, 4.69) is 23.4 Å². The zero-order valence-electron chi connectivity index (χ0n) is 11.9. The molecule has 0 bridgehead atoms. The van der Waals surface area contributed by atoms with Crippen molar-refractivity contribution >= 4 is 17.4 Å². The van der Waals surface area contributed by atoms with Crippen LogP contribution in [0, 0.1) is 13.8 Å². The fraction of sp³-hybridized carbons (Fsp3) is 0.118. The van der Waals surface area contributed by atoms with E-state index in [1.165, 1.54) is 0 Å². The first-order valence-corrected chi connectivity index (χ1v) is 7.03. The van der Waals surface area contributed by atoms with Gasteiger partial charge in [0.05, 0.1) is 5.56 Å². The topological polar surface area (TPSA) is 52.0 Å². The molecule has 2 aromatic carbocycles. The molecule has 0 spiro atoms. The summed E-state index contributed by atoms with van der Waals surface area (Å²) in [6.45, 7) is 4.08. The number of benzene rings is 2. The molecule has 0 aliphatic carbocycles. The van der Waals surface area contributed by atoms with Crippen LogP contribution in [0.3, 0.4) is 0 Å². The fourth-order valence-electron chi connectivity index (χ4n) is 2.39. The van der Waals surface area contributed by atoms with Crippen LogP contribution in [0.5, 0.6) is 0 Å². The Morgan fingerprint density at radius 2 is 1.90 bits per heavy atom. The molecule has 0 aliphatic rings. The number of nitrogens with two attached hydrogens (primary N) is 1. The number of aryl methyl sites for hydroxylation is 2. The Kier molecular flexibility index (Phi) is 3.43. The van der Waals surface area contributed by atoms with Crippen molar-refractivity contribution in [2.45, 2.75) is 13.8 Å². The molecular formula is C17H15ClN2O. The first-order valence-electron chi connectivity index (χ1n) is 6.65. The van der Waals surface area contributed by atoms with Crippen molar-refractivity contribution in [1.29, 1.82) is 0 Å². The van der Waals surface area contributed by atoms with Crippen LogP contribution < -0.4 is 5.73 Å². The molecular weight excluding hydrogens is 284 g/mol. The Hall–Kier alpha value is -2.26. The normalized spacial score (nSPS) is 10.8. The van der Waals surface area contributed by atoms with E-state index in [0.29, 0.717) is 16.6 Å². The second-order valence-electron chi connectivity index (χ2n) is 5.10. The first-order chi connectivity index (χ1) is 10.1. The van der Waals surface area contributed by atoms with Gasteiger partial charge < -0.3 is 10.3 Å². The Labute approximate surface area is 128 Å². The summed E-state index contributed by atoms with van der Waals surface area (Å²) in [5.74, 6) is 1.05. The van der Waals surface area contributed by atoms with Gasteiger partial charge in [-0.1, -0.05) is 46.6 Å². The van der Waals surface area contributed by atoms with Crippen LogP contribution in [0.1, 0.15) is 11.1 Å². The quantitative estimate of drug-likeness (QED) is 0.735. The summed E-state index contributed by atoms with van der Waals surface area (Å²) in [5, 5.41) is 4.58. The number of hydrogen-bond acceptors (Lipinski definition) is 3. The van der Waals surface area contributed by atoms with Gasteiger partial charge in [-0.2, -0.15) is 0 Å². The van der Waals surface area contributed by atoms with E-state index in [1.54, 1.807) is 0 Å². The van der Waals surface area contributed by atoms with Crippen molar-refractivity contribution in [3.63, 3.8) is 0 Å². The highest BCUT2D eigenvalue weighted by Gasteiger charge is 2.19. The summed E-state index contributed by atoms with van der Waals surface area (Å²) < 4.78 is 5.49. The molecule has 0 radical (unpaired) electrons. The van der Waals surface area contributed by atoms with Crippen molar-refractivity contribution in [2.75, 3.05) is 5.73 Å². The van der Waals surface area contributed by atoms with E-state index < -0.39 is 0 Å². The molecule has 0 fully saturated rings. The van der Waals surface area contributed by atoms with E-state index >= 15 is 0 Å². The lowest BCUT2D eigenvalue weighted by atomic mass is 9.97. The zero-order chi connectivity index (χ0) is 15.0. The molecule has 0 saturated carbocycles. The average molecular weight is 299 g/mol. The van der Waals surface area contributed by atoms with Gasteiger partial charge in [0.1, 0.15) is 0 Å². The summed E-state index contributed by atoms with van der Waals surface area (Å²) in [6.07, 6.45) is 0. The molecule has 0 saturated heterocycles. The molecule has 0 atom stereocenters. The Morgan fingerprint density at radius 3 is 2.67 bits per heavy atom. The van der Waals surface area contributed by atoms with Crippen molar-refractivity contribution in [1.82, 2.24) is 5.16 Å². The van der Waals surface area contributed by atoms with E-state index in [4.69, 9.17) is 21.9 Å². The monoisotopic (exact) mass is 298 g/mol. The van der Waals surface area contributed by atoms with Crippen LogP contribution in [0.25, 0.3) is 22.5 Å². The summed E-state index contributed by atoms with van der Waals surface area (Å²) in [4.78, 5) is 0. The van der Waals surface area contributed by atoms with Crippen molar-refractivity contribution < 1.29 is 4.52 Å². The maximum atomic E-state index is 6.08. The third-order valence-corrected chi connectivity index (χ3v) is 3.70. The van der Waals surface area contributed by atoms with Gasteiger partial charge in [-0.05, 0) is 43.2 Å². The lowest BCUT2D eigenvalue weighted by molar-refractivity contribution is 0.436. The third kappa shape index (κ3) is 2.52.